The fourth-order valence-corrected chi connectivity index (χ4v) is 1.82. The zero-order chi connectivity index (χ0) is 8.72. The van der Waals surface area contributed by atoms with E-state index in [1.165, 1.54) is 0 Å². The second-order valence-electron chi connectivity index (χ2n) is 3.38. The molecule has 2 fully saturated rings. The van der Waals surface area contributed by atoms with Crippen molar-refractivity contribution in [2.45, 2.75) is 31.5 Å². The summed E-state index contributed by atoms with van der Waals surface area (Å²) < 4.78 is 5.09. The van der Waals surface area contributed by atoms with Crippen molar-refractivity contribution in [1.82, 2.24) is 0 Å². The average molecular weight is 170 g/mol. The largest absolute Gasteiger partial charge is 0.481 e. The highest BCUT2D eigenvalue weighted by molar-refractivity contribution is 5.87. The number of aliphatic carboxylic acids is 1. The van der Waals surface area contributed by atoms with Crippen LogP contribution in [0.3, 0.4) is 0 Å². The first-order valence-electron chi connectivity index (χ1n) is 4.08. The molecule has 1 aliphatic heterocycles. The number of carboxylic acid groups (broad SMARTS) is 1. The molecule has 4 heteroatoms. The van der Waals surface area contributed by atoms with Gasteiger partial charge in [0.05, 0.1) is 12.5 Å². The number of rotatable bonds is 2. The lowest BCUT2D eigenvalue weighted by atomic mass is 9.86. The minimum Gasteiger partial charge on any atom is -0.481 e. The van der Waals surface area contributed by atoms with Gasteiger partial charge in [-0.25, -0.2) is 0 Å². The van der Waals surface area contributed by atoms with Gasteiger partial charge in [-0.3, -0.25) is 9.59 Å². The Labute approximate surface area is 69.5 Å². The van der Waals surface area contributed by atoms with Crippen LogP contribution >= 0.6 is 0 Å². The Kier molecular flexibility index (Phi) is 1.65. The Morgan fingerprint density at radius 3 is 3.08 bits per heavy atom. The second kappa shape index (κ2) is 2.55. The van der Waals surface area contributed by atoms with Crippen LogP contribution in [0.1, 0.15) is 19.3 Å². The fourth-order valence-electron chi connectivity index (χ4n) is 1.82. The van der Waals surface area contributed by atoms with E-state index in [2.05, 4.69) is 0 Å². The third-order valence-electron chi connectivity index (χ3n) is 2.51. The lowest BCUT2D eigenvalue weighted by Gasteiger charge is -2.14. The van der Waals surface area contributed by atoms with Gasteiger partial charge in [-0.15, -0.1) is 0 Å². The third kappa shape index (κ3) is 1.22. The molecule has 2 aliphatic rings. The number of Topliss-reactive ketones (excluding diaryl/α,β-unsaturated/α-hetero) is 1. The Hall–Kier alpha value is -0.900. The molecule has 0 aromatic heterocycles. The maximum Gasteiger partial charge on any atom is 0.303 e. The highest BCUT2D eigenvalue weighted by Gasteiger charge is 2.52. The van der Waals surface area contributed by atoms with Crippen LogP contribution < -0.4 is 0 Å². The van der Waals surface area contributed by atoms with Crippen LogP contribution in [0.4, 0.5) is 0 Å². The Balaban J connectivity index is 1.94. The highest BCUT2D eigenvalue weighted by Crippen LogP contribution is 2.40. The minimum absolute atomic E-state index is 0.0604. The average Bonchev–Trinajstić information content (AvgIpc) is 2.73. The van der Waals surface area contributed by atoms with Crippen LogP contribution in [-0.4, -0.2) is 29.1 Å². The van der Waals surface area contributed by atoms with Gasteiger partial charge in [0.2, 0.25) is 0 Å². The molecule has 2 rings (SSSR count). The number of hydrogen-bond donors (Lipinski definition) is 1. The van der Waals surface area contributed by atoms with Crippen molar-refractivity contribution in [3.8, 4) is 0 Å². The van der Waals surface area contributed by atoms with Crippen molar-refractivity contribution in [2.75, 3.05) is 0 Å². The Morgan fingerprint density at radius 1 is 1.67 bits per heavy atom. The maximum atomic E-state index is 11.0. The van der Waals surface area contributed by atoms with Crippen molar-refractivity contribution in [2.24, 2.45) is 5.92 Å². The molecule has 0 amide bonds. The first-order valence-corrected chi connectivity index (χ1v) is 4.08. The lowest BCUT2D eigenvalue weighted by Crippen LogP contribution is -2.25. The van der Waals surface area contributed by atoms with Crippen LogP contribution in [0.25, 0.3) is 0 Å². The summed E-state index contributed by atoms with van der Waals surface area (Å²) in [5.74, 6) is -0.601. The van der Waals surface area contributed by atoms with Gasteiger partial charge in [0, 0.05) is 6.42 Å². The van der Waals surface area contributed by atoms with E-state index in [1.54, 1.807) is 0 Å². The standard InChI is InChI=1S/C8H10O4/c9-5-2-1-4(3-6(10)11)7-8(5)12-7/h4,7-8H,1-3H2,(H,10,11)/t4-,7+,8-/m1/s1. The van der Waals surface area contributed by atoms with E-state index < -0.39 is 5.97 Å². The van der Waals surface area contributed by atoms with E-state index in [4.69, 9.17) is 9.84 Å². The predicted molar refractivity (Wildman–Crippen MR) is 38.6 cm³/mol. The van der Waals surface area contributed by atoms with Gasteiger partial charge >= 0.3 is 5.97 Å². The Bertz CT molecular complexity index is 235. The van der Waals surface area contributed by atoms with Gasteiger partial charge in [-0.05, 0) is 12.3 Å². The topological polar surface area (TPSA) is 66.9 Å². The first-order chi connectivity index (χ1) is 5.68. The van der Waals surface area contributed by atoms with E-state index in [9.17, 15) is 9.59 Å². The molecular formula is C8H10O4. The molecule has 0 aromatic rings. The molecule has 1 saturated heterocycles. The van der Waals surface area contributed by atoms with Gasteiger partial charge in [-0.1, -0.05) is 0 Å². The number of ether oxygens (including phenoxy) is 1. The molecule has 0 spiro atoms. The van der Waals surface area contributed by atoms with E-state index in [0.29, 0.717) is 12.8 Å². The molecule has 1 N–H and O–H groups in total. The molecule has 66 valence electrons. The van der Waals surface area contributed by atoms with Crippen molar-refractivity contribution in [3.63, 3.8) is 0 Å². The molecule has 4 nitrogen and oxygen atoms in total. The van der Waals surface area contributed by atoms with Crippen LogP contribution in [-0.2, 0) is 14.3 Å². The molecule has 1 aliphatic carbocycles. The molecule has 1 heterocycles. The first kappa shape index (κ1) is 7.73. The smallest absolute Gasteiger partial charge is 0.303 e. The van der Waals surface area contributed by atoms with Crippen LogP contribution in [0, 0.1) is 5.92 Å². The summed E-state index contributed by atoms with van der Waals surface area (Å²) in [6, 6.07) is 0. The van der Waals surface area contributed by atoms with Crippen LogP contribution in [0.15, 0.2) is 0 Å². The zero-order valence-electron chi connectivity index (χ0n) is 6.53. The molecule has 3 atom stereocenters. The summed E-state index contributed by atoms with van der Waals surface area (Å²) in [6.07, 6.45) is 0.949. The SMILES string of the molecule is O=C(O)C[C@H]1CCC(=O)[C@H]2O[C@@H]12. The fraction of sp³-hybridized carbons (Fsp3) is 0.750. The van der Waals surface area contributed by atoms with Crippen LogP contribution in [0.5, 0.6) is 0 Å². The number of fused-ring (bicyclic) bond motifs is 1. The molecule has 0 bridgehead atoms. The summed E-state index contributed by atoms with van der Waals surface area (Å²) in [5, 5.41) is 8.53. The van der Waals surface area contributed by atoms with Gasteiger partial charge in [-0.2, -0.15) is 0 Å². The number of carboxylic acids is 1. The molecule has 0 aromatic carbocycles. The maximum absolute atomic E-state index is 11.0. The molecule has 0 radical (unpaired) electrons. The van der Waals surface area contributed by atoms with Crippen molar-refractivity contribution < 1.29 is 19.4 Å². The summed E-state index contributed by atoms with van der Waals surface area (Å²) >= 11 is 0. The van der Waals surface area contributed by atoms with Crippen LogP contribution in [0.2, 0.25) is 0 Å². The van der Waals surface area contributed by atoms with E-state index in [0.717, 1.165) is 0 Å². The van der Waals surface area contributed by atoms with Gasteiger partial charge in [0.1, 0.15) is 6.10 Å². The van der Waals surface area contributed by atoms with E-state index in [-0.39, 0.29) is 30.3 Å². The molecule has 1 saturated carbocycles. The minimum atomic E-state index is -0.802. The molecule has 0 unspecified atom stereocenters. The Morgan fingerprint density at radius 2 is 2.42 bits per heavy atom. The van der Waals surface area contributed by atoms with E-state index >= 15 is 0 Å². The summed E-state index contributed by atoms with van der Waals surface area (Å²) in [6.45, 7) is 0. The van der Waals surface area contributed by atoms with Crippen molar-refractivity contribution in [1.29, 1.82) is 0 Å². The number of hydrogen-bond acceptors (Lipinski definition) is 3. The number of ketones is 1. The highest BCUT2D eigenvalue weighted by atomic mass is 16.6. The predicted octanol–water partition coefficient (Wildman–Crippen LogP) is 0.208. The monoisotopic (exact) mass is 170 g/mol. The van der Waals surface area contributed by atoms with Crippen molar-refractivity contribution in [3.05, 3.63) is 0 Å². The molecule has 12 heavy (non-hydrogen) atoms. The number of epoxide rings is 1. The lowest BCUT2D eigenvalue weighted by molar-refractivity contribution is -0.138. The number of carbonyl (C=O) groups is 2. The third-order valence-corrected chi connectivity index (χ3v) is 2.51. The summed E-state index contributed by atoms with van der Waals surface area (Å²) in [7, 11) is 0. The number of carbonyl (C=O) groups excluding carboxylic acids is 1. The normalized spacial score (nSPS) is 39.0. The summed E-state index contributed by atoms with van der Waals surface area (Å²) in [5.41, 5.74) is 0. The van der Waals surface area contributed by atoms with Crippen molar-refractivity contribution >= 4 is 11.8 Å². The van der Waals surface area contributed by atoms with E-state index in [1.807, 2.05) is 0 Å². The second-order valence-corrected chi connectivity index (χ2v) is 3.38. The zero-order valence-corrected chi connectivity index (χ0v) is 6.53. The molecular weight excluding hydrogens is 160 g/mol. The quantitative estimate of drug-likeness (QED) is 0.601. The van der Waals surface area contributed by atoms with Gasteiger partial charge in [0.15, 0.2) is 5.78 Å². The van der Waals surface area contributed by atoms with Gasteiger partial charge in [0.25, 0.3) is 0 Å². The van der Waals surface area contributed by atoms with Gasteiger partial charge < -0.3 is 9.84 Å². The summed E-state index contributed by atoms with van der Waals surface area (Å²) in [4.78, 5) is 21.4.